The SMILES string of the molecule is OC(c1ccc(C(F)(F)F)cc1)c1cccc2c1OCC2. The lowest BCUT2D eigenvalue weighted by atomic mass is 9.97. The average Bonchev–Trinajstić information content (AvgIpc) is 2.94. The van der Waals surface area contributed by atoms with Crippen molar-refractivity contribution in [1.29, 1.82) is 0 Å². The van der Waals surface area contributed by atoms with Gasteiger partial charge in [0.15, 0.2) is 0 Å². The molecule has 1 unspecified atom stereocenters. The van der Waals surface area contributed by atoms with Crippen LogP contribution < -0.4 is 4.74 Å². The van der Waals surface area contributed by atoms with E-state index >= 15 is 0 Å². The fourth-order valence-corrected chi connectivity index (χ4v) is 2.49. The van der Waals surface area contributed by atoms with Crippen LogP contribution in [-0.2, 0) is 12.6 Å². The summed E-state index contributed by atoms with van der Waals surface area (Å²) in [5.74, 6) is 0.643. The summed E-state index contributed by atoms with van der Waals surface area (Å²) in [6.07, 6.45) is -4.59. The summed E-state index contributed by atoms with van der Waals surface area (Å²) in [4.78, 5) is 0. The molecule has 1 aliphatic heterocycles. The first-order chi connectivity index (χ1) is 9.97. The van der Waals surface area contributed by atoms with Crippen LogP contribution in [0.4, 0.5) is 13.2 Å². The zero-order chi connectivity index (χ0) is 15.0. The summed E-state index contributed by atoms with van der Waals surface area (Å²) in [5.41, 5.74) is 1.28. The molecule has 3 rings (SSSR count). The van der Waals surface area contributed by atoms with Crippen molar-refractivity contribution < 1.29 is 23.0 Å². The highest BCUT2D eigenvalue weighted by molar-refractivity contribution is 5.48. The Morgan fingerprint density at radius 1 is 1.05 bits per heavy atom. The minimum atomic E-state index is -4.37. The Labute approximate surface area is 119 Å². The molecule has 0 radical (unpaired) electrons. The molecule has 0 spiro atoms. The lowest BCUT2D eigenvalue weighted by molar-refractivity contribution is -0.137. The number of aliphatic hydroxyl groups excluding tert-OH is 1. The molecule has 0 saturated heterocycles. The molecule has 0 saturated carbocycles. The maximum absolute atomic E-state index is 12.5. The van der Waals surface area contributed by atoms with Gasteiger partial charge in [-0.2, -0.15) is 13.2 Å². The topological polar surface area (TPSA) is 29.5 Å². The van der Waals surface area contributed by atoms with Crippen molar-refractivity contribution in [2.75, 3.05) is 6.61 Å². The predicted molar refractivity (Wildman–Crippen MR) is 71.1 cm³/mol. The minimum absolute atomic E-state index is 0.409. The molecule has 0 aliphatic carbocycles. The van der Waals surface area contributed by atoms with Gasteiger partial charge in [0.25, 0.3) is 0 Å². The van der Waals surface area contributed by atoms with Crippen molar-refractivity contribution in [3.63, 3.8) is 0 Å². The lowest BCUT2D eigenvalue weighted by Crippen LogP contribution is -2.06. The number of para-hydroxylation sites is 1. The summed E-state index contributed by atoms with van der Waals surface area (Å²) >= 11 is 0. The summed E-state index contributed by atoms with van der Waals surface area (Å²) in [7, 11) is 0. The van der Waals surface area contributed by atoms with E-state index in [1.165, 1.54) is 12.1 Å². The van der Waals surface area contributed by atoms with Crippen LogP contribution in [0.15, 0.2) is 42.5 Å². The van der Waals surface area contributed by atoms with Gasteiger partial charge in [0, 0.05) is 12.0 Å². The highest BCUT2D eigenvalue weighted by Crippen LogP contribution is 2.37. The molecular formula is C16H13F3O2. The number of benzene rings is 2. The molecule has 1 atom stereocenters. The number of ether oxygens (including phenoxy) is 1. The summed E-state index contributed by atoms with van der Waals surface area (Å²) < 4.78 is 43.1. The van der Waals surface area contributed by atoms with E-state index in [1.54, 1.807) is 6.07 Å². The van der Waals surface area contributed by atoms with E-state index in [0.717, 1.165) is 24.1 Å². The lowest BCUT2D eigenvalue weighted by Gasteiger charge is -2.16. The number of hydrogen-bond acceptors (Lipinski definition) is 2. The number of hydrogen-bond donors (Lipinski definition) is 1. The first kappa shape index (κ1) is 13.9. The Hall–Kier alpha value is -2.01. The third-order valence-corrected chi connectivity index (χ3v) is 3.59. The third kappa shape index (κ3) is 2.61. The van der Waals surface area contributed by atoms with Crippen molar-refractivity contribution >= 4 is 0 Å². The van der Waals surface area contributed by atoms with Gasteiger partial charge in [0.1, 0.15) is 11.9 Å². The van der Waals surface area contributed by atoms with Crippen molar-refractivity contribution in [3.05, 3.63) is 64.7 Å². The van der Waals surface area contributed by atoms with Gasteiger partial charge in [-0.15, -0.1) is 0 Å². The minimum Gasteiger partial charge on any atom is -0.493 e. The van der Waals surface area contributed by atoms with Crippen molar-refractivity contribution in [1.82, 2.24) is 0 Å². The van der Waals surface area contributed by atoms with Gasteiger partial charge in [0.05, 0.1) is 12.2 Å². The maximum Gasteiger partial charge on any atom is 0.416 e. The van der Waals surface area contributed by atoms with Gasteiger partial charge >= 0.3 is 6.18 Å². The fourth-order valence-electron chi connectivity index (χ4n) is 2.49. The number of halogens is 3. The molecule has 0 aromatic heterocycles. The predicted octanol–water partition coefficient (Wildman–Crippen LogP) is 3.72. The molecule has 2 aromatic carbocycles. The quantitative estimate of drug-likeness (QED) is 0.914. The first-order valence-electron chi connectivity index (χ1n) is 6.56. The molecule has 0 bridgehead atoms. The Bertz CT molecular complexity index is 648. The molecule has 2 aromatic rings. The van der Waals surface area contributed by atoms with E-state index in [1.807, 2.05) is 12.1 Å². The number of fused-ring (bicyclic) bond motifs is 1. The van der Waals surface area contributed by atoms with Crippen LogP contribution in [0.3, 0.4) is 0 Å². The van der Waals surface area contributed by atoms with Crippen LogP contribution in [0, 0.1) is 0 Å². The van der Waals surface area contributed by atoms with Gasteiger partial charge in [-0.3, -0.25) is 0 Å². The van der Waals surface area contributed by atoms with Crippen LogP contribution in [0.2, 0.25) is 0 Å². The Kier molecular flexibility index (Phi) is 3.37. The van der Waals surface area contributed by atoms with Crippen molar-refractivity contribution in [2.24, 2.45) is 0 Å². The molecule has 0 amide bonds. The zero-order valence-electron chi connectivity index (χ0n) is 11.0. The smallest absolute Gasteiger partial charge is 0.416 e. The molecule has 1 N–H and O–H groups in total. The second-order valence-electron chi connectivity index (χ2n) is 4.96. The van der Waals surface area contributed by atoms with E-state index in [4.69, 9.17) is 4.74 Å². The van der Waals surface area contributed by atoms with E-state index < -0.39 is 17.8 Å². The summed E-state index contributed by atoms with van der Waals surface area (Å²) in [6.45, 7) is 0.562. The zero-order valence-corrected chi connectivity index (χ0v) is 11.0. The number of alkyl halides is 3. The monoisotopic (exact) mass is 294 g/mol. The molecule has 110 valence electrons. The van der Waals surface area contributed by atoms with Crippen molar-refractivity contribution in [2.45, 2.75) is 18.7 Å². The van der Waals surface area contributed by atoms with Crippen LogP contribution in [-0.4, -0.2) is 11.7 Å². The normalized spacial score (nSPS) is 15.4. The van der Waals surface area contributed by atoms with Crippen LogP contribution in [0.25, 0.3) is 0 Å². The maximum atomic E-state index is 12.5. The van der Waals surface area contributed by atoms with Gasteiger partial charge < -0.3 is 9.84 Å². The summed E-state index contributed by atoms with van der Waals surface area (Å²) in [5, 5.41) is 10.4. The second-order valence-corrected chi connectivity index (χ2v) is 4.96. The molecule has 5 heteroatoms. The van der Waals surface area contributed by atoms with Gasteiger partial charge in [-0.25, -0.2) is 0 Å². The largest absolute Gasteiger partial charge is 0.493 e. The van der Waals surface area contributed by atoms with Crippen LogP contribution in [0.1, 0.15) is 28.4 Å². The van der Waals surface area contributed by atoms with E-state index in [0.29, 0.717) is 23.5 Å². The number of rotatable bonds is 2. The average molecular weight is 294 g/mol. The molecule has 1 heterocycles. The van der Waals surface area contributed by atoms with Gasteiger partial charge in [0.2, 0.25) is 0 Å². The van der Waals surface area contributed by atoms with E-state index in [2.05, 4.69) is 0 Å². The number of aliphatic hydroxyl groups is 1. The molecule has 2 nitrogen and oxygen atoms in total. The van der Waals surface area contributed by atoms with Crippen LogP contribution in [0.5, 0.6) is 5.75 Å². The van der Waals surface area contributed by atoms with E-state index in [9.17, 15) is 18.3 Å². The summed E-state index contributed by atoms with van der Waals surface area (Å²) in [6, 6.07) is 10.0. The van der Waals surface area contributed by atoms with E-state index in [-0.39, 0.29) is 0 Å². The third-order valence-electron chi connectivity index (χ3n) is 3.59. The molecule has 21 heavy (non-hydrogen) atoms. The Morgan fingerprint density at radius 2 is 1.76 bits per heavy atom. The second kappa shape index (κ2) is 5.07. The fraction of sp³-hybridized carbons (Fsp3) is 0.250. The standard InChI is InChI=1S/C16H13F3O2/c17-16(18,19)12-6-4-10(5-7-12)14(20)13-3-1-2-11-8-9-21-15(11)13/h1-7,14,20H,8-9H2. The highest BCUT2D eigenvalue weighted by Gasteiger charge is 2.30. The van der Waals surface area contributed by atoms with Gasteiger partial charge in [-0.1, -0.05) is 30.3 Å². The molecule has 0 fully saturated rings. The van der Waals surface area contributed by atoms with Crippen molar-refractivity contribution in [3.8, 4) is 5.75 Å². The Morgan fingerprint density at radius 3 is 2.43 bits per heavy atom. The van der Waals surface area contributed by atoms with Gasteiger partial charge in [-0.05, 0) is 23.3 Å². The molecular weight excluding hydrogens is 281 g/mol. The molecule has 1 aliphatic rings. The Balaban J connectivity index is 1.93. The van der Waals surface area contributed by atoms with Crippen LogP contribution >= 0.6 is 0 Å². The highest BCUT2D eigenvalue weighted by atomic mass is 19.4. The first-order valence-corrected chi connectivity index (χ1v) is 6.56.